The molecule has 3 aromatic carbocycles. The van der Waals surface area contributed by atoms with Crippen LogP contribution in [0.1, 0.15) is 35.3 Å². The second kappa shape index (κ2) is 9.65. The van der Waals surface area contributed by atoms with E-state index in [1.165, 1.54) is 4.90 Å². The Hall–Kier alpha value is -3.71. The van der Waals surface area contributed by atoms with E-state index in [0.29, 0.717) is 17.2 Å². The molecule has 174 valence electrons. The van der Waals surface area contributed by atoms with E-state index in [4.69, 9.17) is 12.2 Å². The maximum atomic E-state index is 12.8. The highest BCUT2D eigenvalue weighted by atomic mass is 32.1. The summed E-state index contributed by atoms with van der Waals surface area (Å²) < 4.78 is 0. The van der Waals surface area contributed by atoms with Crippen LogP contribution in [0, 0.1) is 12.8 Å². The van der Waals surface area contributed by atoms with Crippen molar-refractivity contribution in [3.8, 4) is 11.1 Å². The highest BCUT2D eigenvalue weighted by Crippen LogP contribution is 2.31. The van der Waals surface area contributed by atoms with Gasteiger partial charge in [0.15, 0.2) is 5.11 Å². The zero-order chi connectivity index (χ0) is 24.4. The van der Waals surface area contributed by atoms with Gasteiger partial charge < -0.3 is 20.6 Å². The summed E-state index contributed by atoms with van der Waals surface area (Å²) in [7, 11) is 0. The average molecular weight is 474 g/mol. The Bertz CT molecular complexity index is 1250. The van der Waals surface area contributed by atoms with Crippen molar-refractivity contribution in [1.29, 1.82) is 0 Å². The number of rotatable bonds is 6. The molecule has 0 saturated heterocycles. The van der Waals surface area contributed by atoms with Crippen molar-refractivity contribution in [2.75, 3.05) is 10.6 Å². The highest BCUT2D eigenvalue weighted by molar-refractivity contribution is 7.80. The Morgan fingerprint density at radius 1 is 1.00 bits per heavy atom. The van der Waals surface area contributed by atoms with Gasteiger partial charge >= 0.3 is 5.97 Å². The zero-order valence-corrected chi connectivity index (χ0v) is 20.1. The van der Waals surface area contributed by atoms with Crippen molar-refractivity contribution in [1.82, 2.24) is 4.90 Å². The molecule has 4 rings (SSSR count). The molecule has 0 saturated carbocycles. The Kier molecular flexibility index (Phi) is 6.65. The minimum atomic E-state index is -0.978. The standard InChI is InChI=1S/C27H27N3O3S/c1-16(2)24(26(32)33)30-15-20-14-19(10-13-22(20)25(30)31)18-8-11-21(12-9-18)28-27(34)29-23-7-5-4-6-17(23)3/h4-14,16,24H,15H2,1-3H3,(H,32,33)(H2,28,29,34). The van der Waals surface area contributed by atoms with Crippen molar-refractivity contribution >= 4 is 40.6 Å². The van der Waals surface area contributed by atoms with E-state index in [1.807, 2.05) is 81.4 Å². The van der Waals surface area contributed by atoms with E-state index in [2.05, 4.69) is 10.6 Å². The molecule has 0 aromatic heterocycles. The Morgan fingerprint density at radius 2 is 1.68 bits per heavy atom. The molecule has 1 amide bonds. The molecule has 0 fully saturated rings. The third-order valence-corrected chi connectivity index (χ3v) is 6.23. The molecular formula is C27H27N3O3S. The third-order valence-electron chi connectivity index (χ3n) is 6.03. The first-order chi connectivity index (χ1) is 16.2. The molecule has 1 unspecified atom stereocenters. The van der Waals surface area contributed by atoms with Gasteiger partial charge in [0.25, 0.3) is 5.91 Å². The van der Waals surface area contributed by atoms with Gasteiger partial charge in [0, 0.05) is 23.5 Å². The number of nitrogens with one attached hydrogen (secondary N) is 2. The van der Waals surface area contributed by atoms with Gasteiger partial charge in [0.05, 0.1) is 0 Å². The number of carboxylic acid groups (broad SMARTS) is 1. The number of aliphatic carboxylic acids is 1. The molecule has 0 spiro atoms. The van der Waals surface area contributed by atoms with E-state index in [9.17, 15) is 14.7 Å². The largest absolute Gasteiger partial charge is 0.480 e. The number of carbonyl (C=O) groups is 2. The number of para-hydroxylation sites is 1. The summed E-state index contributed by atoms with van der Waals surface area (Å²) in [4.78, 5) is 26.0. The van der Waals surface area contributed by atoms with E-state index in [1.54, 1.807) is 6.07 Å². The number of nitrogens with zero attached hydrogens (tertiary/aromatic N) is 1. The van der Waals surface area contributed by atoms with Crippen molar-refractivity contribution in [3.63, 3.8) is 0 Å². The molecule has 6 nitrogen and oxygen atoms in total. The van der Waals surface area contributed by atoms with Gasteiger partial charge in [-0.2, -0.15) is 0 Å². The number of amides is 1. The van der Waals surface area contributed by atoms with Crippen LogP contribution in [0.2, 0.25) is 0 Å². The van der Waals surface area contributed by atoms with E-state index < -0.39 is 12.0 Å². The highest BCUT2D eigenvalue weighted by Gasteiger charge is 2.38. The van der Waals surface area contributed by atoms with Crippen LogP contribution in [0.5, 0.6) is 0 Å². The summed E-state index contributed by atoms with van der Waals surface area (Å²) in [5, 5.41) is 16.5. The normalized spacial score (nSPS) is 13.5. The van der Waals surface area contributed by atoms with Crippen LogP contribution in [-0.2, 0) is 11.3 Å². The van der Waals surface area contributed by atoms with Crippen LogP contribution in [0.3, 0.4) is 0 Å². The number of aryl methyl sites for hydroxylation is 1. The van der Waals surface area contributed by atoms with Gasteiger partial charge in [0.1, 0.15) is 6.04 Å². The molecule has 1 aliphatic heterocycles. The van der Waals surface area contributed by atoms with Crippen LogP contribution in [0.25, 0.3) is 11.1 Å². The molecule has 0 radical (unpaired) electrons. The molecule has 1 heterocycles. The number of hydrogen-bond donors (Lipinski definition) is 3. The van der Waals surface area contributed by atoms with E-state index in [-0.39, 0.29) is 11.8 Å². The first-order valence-electron chi connectivity index (χ1n) is 11.2. The van der Waals surface area contributed by atoms with Crippen molar-refractivity contribution < 1.29 is 14.7 Å². The lowest BCUT2D eigenvalue weighted by atomic mass is 10.0. The quantitative estimate of drug-likeness (QED) is 0.408. The van der Waals surface area contributed by atoms with Crippen LogP contribution in [-0.4, -0.2) is 33.0 Å². The number of thiocarbonyl (C=S) groups is 1. The molecule has 0 bridgehead atoms. The van der Waals surface area contributed by atoms with Crippen molar-refractivity contribution in [2.24, 2.45) is 5.92 Å². The van der Waals surface area contributed by atoms with Crippen LogP contribution in [0.15, 0.2) is 66.7 Å². The minimum absolute atomic E-state index is 0.179. The van der Waals surface area contributed by atoms with Gasteiger partial charge in [-0.05, 0) is 77.6 Å². The lowest BCUT2D eigenvalue weighted by Crippen LogP contribution is -2.44. The Morgan fingerprint density at radius 3 is 2.32 bits per heavy atom. The van der Waals surface area contributed by atoms with Gasteiger partial charge in [-0.25, -0.2) is 4.79 Å². The second-order valence-corrected chi connectivity index (χ2v) is 9.21. The van der Waals surface area contributed by atoms with Gasteiger partial charge in [-0.1, -0.05) is 50.2 Å². The summed E-state index contributed by atoms with van der Waals surface area (Å²) in [5.41, 5.74) is 6.31. The first-order valence-corrected chi connectivity index (χ1v) is 11.6. The average Bonchev–Trinajstić information content (AvgIpc) is 3.10. The topological polar surface area (TPSA) is 81.7 Å². The third kappa shape index (κ3) is 4.79. The van der Waals surface area contributed by atoms with Crippen molar-refractivity contribution in [3.05, 3.63) is 83.4 Å². The minimum Gasteiger partial charge on any atom is -0.480 e. The van der Waals surface area contributed by atoms with Gasteiger partial charge in [-0.3, -0.25) is 4.79 Å². The zero-order valence-electron chi connectivity index (χ0n) is 19.3. The Labute approximate surface area is 204 Å². The number of carbonyl (C=O) groups excluding carboxylic acids is 1. The SMILES string of the molecule is Cc1ccccc1NC(=S)Nc1ccc(-c2ccc3c(c2)CN(C(C(=O)O)C(C)C)C3=O)cc1. The number of carboxylic acids is 1. The van der Waals surface area contributed by atoms with Crippen LogP contribution >= 0.6 is 12.2 Å². The lowest BCUT2D eigenvalue weighted by Gasteiger charge is -2.27. The van der Waals surface area contributed by atoms with E-state index in [0.717, 1.165) is 33.6 Å². The van der Waals surface area contributed by atoms with Crippen LogP contribution < -0.4 is 10.6 Å². The predicted octanol–water partition coefficient (Wildman–Crippen LogP) is 5.54. The number of benzene rings is 3. The van der Waals surface area contributed by atoms with Gasteiger partial charge in [-0.15, -0.1) is 0 Å². The molecule has 1 aliphatic rings. The molecule has 0 aliphatic carbocycles. The number of fused-ring (bicyclic) bond motifs is 1. The second-order valence-electron chi connectivity index (χ2n) is 8.80. The summed E-state index contributed by atoms with van der Waals surface area (Å²) in [5.74, 6) is -1.38. The van der Waals surface area contributed by atoms with Crippen molar-refractivity contribution in [2.45, 2.75) is 33.4 Å². The van der Waals surface area contributed by atoms with Crippen LogP contribution in [0.4, 0.5) is 11.4 Å². The lowest BCUT2D eigenvalue weighted by molar-refractivity contribution is -0.144. The molecule has 7 heteroatoms. The fourth-order valence-electron chi connectivity index (χ4n) is 4.27. The maximum absolute atomic E-state index is 12.8. The first kappa shape index (κ1) is 23.4. The number of anilines is 2. The fraction of sp³-hybridized carbons (Fsp3) is 0.222. The number of hydrogen-bond acceptors (Lipinski definition) is 3. The monoisotopic (exact) mass is 473 g/mol. The predicted molar refractivity (Wildman–Crippen MR) is 139 cm³/mol. The molecule has 3 aromatic rings. The summed E-state index contributed by atoms with van der Waals surface area (Å²) >= 11 is 5.44. The fourth-order valence-corrected chi connectivity index (χ4v) is 4.50. The van der Waals surface area contributed by atoms with E-state index >= 15 is 0 Å². The Balaban J connectivity index is 1.47. The summed E-state index contributed by atoms with van der Waals surface area (Å²) in [6.07, 6.45) is 0. The molecule has 1 atom stereocenters. The summed E-state index contributed by atoms with van der Waals surface area (Å²) in [6.45, 7) is 5.96. The molecule has 3 N–H and O–H groups in total. The molecular weight excluding hydrogens is 446 g/mol. The molecule has 34 heavy (non-hydrogen) atoms. The summed E-state index contributed by atoms with van der Waals surface area (Å²) in [6, 6.07) is 20.6. The maximum Gasteiger partial charge on any atom is 0.326 e. The van der Waals surface area contributed by atoms with Gasteiger partial charge in [0.2, 0.25) is 0 Å². The smallest absolute Gasteiger partial charge is 0.326 e.